The van der Waals surface area contributed by atoms with Gasteiger partial charge in [-0.15, -0.1) is 0 Å². The Morgan fingerprint density at radius 3 is 2.95 bits per heavy atom. The van der Waals surface area contributed by atoms with Crippen LogP contribution in [-0.2, 0) is 4.79 Å². The maximum atomic E-state index is 11.2. The van der Waals surface area contributed by atoms with Crippen LogP contribution in [0, 0.1) is 0 Å². The summed E-state index contributed by atoms with van der Waals surface area (Å²) in [6, 6.07) is 8.15. The van der Waals surface area contributed by atoms with Crippen LogP contribution in [0.3, 0.4) is 0 Å². The van der Waals surface area contributed by atoms with E-state index < -0.39 is 0 Å². The summed E-state index contributed by atoms with van der Waals surface area (Å²) in [6.45, 7) is 2.54. The molecule has 1 aliphatic heterocycles. The summed E-state index contributed by atoms with van der Waals surface area (Å²) in [4.78, 5) is 18.8. The molecule has 1 amide bonds. The molecule has 1 unspecified atom stereocenters. The number of amides is 1. The van der Waals surface area contributed by atoms with Gasteiger partial charge < -0.3 is 19.5 Å². The molecule has 5 nitrogen and oxygen atoms in total. The highest BCUT2D eigenvalue weighted by Crippen LogP contribution is 2.28. The molecule has 1 aliphatic rings. The summed E-state index contributed by atoms with van der Waals surface area (Å²) >= 11 is 0. The van der Waals surface area contributed by atoms with Crippen molar-refractivity contribution >= 4 is 17.3 Å². The number of aromatic nitrogens is 1. The van der Waals surface area contributed by atoms with Crippen molar-refractivity contribution in [3.63, 3.8) is 0 Å². The van der Waals surface area contributed by atoms with E-state index in [0.717, 1.165) is 48.4 Å². The summed E-state index contributed by atoms with van der Waals surface area (Å²) in [7, 11) is 3.75. The molecule has 0 aliphatic carbocycles. The van der Waals surface area contributed by atoms with Gasteiger partial charge in [-0.25, -0.2) is 0 Å². The van der Waals surface area contributed by atoms with Crippen LogP contribution in [0.4, 0.5) is 0 Å². The van der Waals surface area contributed by atoms with Crippen LogP contribution in [0.5, 0.6) is 5.75 Å². The Labute approximate surface area is 118 Å². The van der Waals surface area contributed by atoms with E-state index in [1.807, 2.05) is 23.1 Å². The Hall–Kier alpha value is -2.01. The minimum atomic E-state index is 0.0876. The molecule has 0 saturated carbocycles. The van der Waals surface area contributed by atoms with E-state index in [1.165, 1.54) is 0 Å². The van der Waals surface area contributed by atoms with E-state index in [-0.39, 0.29) is 6.04 Å². The van der Waals surface area contributed by atoms with Crippen LogP contribution in [0.15, 0.2) is 24.3 Å². The third-order valence-electron chi connectivity index (χ3n) is 3.97. The molecule has 2 aromatic rings. The molecule has 106 valence electrons. The van der Waals surface area contributed by atoms with Crippen molar-refractivity contribution in [3.05, 3.63) is 30.0 Å². The molecule has 1 N–H and O–H groups in total. The topological polar surface area (TPSA) is 48.6 Å². The summed E-state index contributed by atoms with van der Waals surface area (Å²) in [6.07, 6.45) is 0.948. The predicted molar refractivity (Wildman–Crippen MR) is 77.9 cm³/mol. The molecule has 1 saturated heterocycles. The number of rotatable bonds is 3. The number of methoxy groups -OCH3 is 1. The number of carbonyl (C=O) groups is 1. The van der Waals surface area contributed by atoms with E-state index in [0.29, 0.717) is 0 Å². The SMILES string of the molecule is COc1ccc2[nH]c(C3CN(C)CCN3C=O)cc2c1. The van der Waals surface area contributed by atoms with Crippen molar-refractivity contribution in [2.45, 2.75) is 6.04 Å². The van der Waals surface area contributed by atoms with Crippen molar-refractivity contribution in [1.29, 1.82) is 0 Å². The summed E-state index contributed by atoms with van der Waals surface area (Å²) < 4.78 is 5.25. The molecular weight excluding hydrogens is 254 g/mol. The Morgan fingerprint density at radius 2 is 2.20 bits per heavy atom. The number of hydrogen-bond donors (Lipinski definition) is 1. The van der Waals surface area contributed by atoms with Gasteiger partial charge in [0.15, 0.2) is 0 Å². The van der Waals surface area contributed by atoms with Gasteiger partial charge in [0.1, 0.15) is 5.75 Å². The number of benzene rings is 1. The number of H-pyrrole nitrogens is 1. The van der Waals surface area contributed by atoms with Crippen LogP contribution in [0.1, 0.15) is 11.7 Å². The molecule has 1 atom stereocenters. The van der Waals surface area contributed by atoms with Crippen LogP contribution < -0.4 is 4.74 Å². The van der Waals surface area contributed by atoms with Gasteiger partial charge >= 0.3 is 0 Å². The fourth-order valence-corrected chi connectivity index (χ4v) is 2.78. The van der Waals surface area contributed by atoms with Gasteiger partial charge in [-0.2, -0.15) is 0 Å². The Balaban J connectivity index is 1.97. The van der Waals surface area contributed by atoms with Crippen molar-refractivity contribution < 1.29 is 9.53 Å². The molecule has 0 bridgehead atoms. The van der Waals surface area contributed by atoms with Crippen molar-refractivity contribution in [2.24, 2.45) is 0 Å². The monoisotopic (exact) mass is 273 g/mol. The average Bonchev–Trinajstić information content (AvgIpc) is 2.89. The highest BCUT2D eigenvalue weighted by Gasteiger charge is 2.26. The molecular formula is C15H19N3O2. The van der Waals surface area contributed by atoms with Gasteiger partial charge in [0.05, 0.1) is 13.2 Å². The van der Waals surface area contributed by atoms with E-state index in [1.54, 1.807) is 7.11 Å². The quantitative estimate of drug-likeness (QED) is 0.865. The molecule has 20 heavy (non-hydrogen) atoms. The Kier molecular flexibility index (Phi) is 3.36. The van der Waals surface area contributed by atoms with Gasteiger partial charge in [0.25, 0.3) is 0 Å². The smallest absolute Gasteiger partial charge is 0.210 e. The first-order valence-electron chi connectivity index (χ1n) is 6.77. The zero-order valence-corrected chi connectivity index (χ0v) is 11.8. The summed E-state index contributed by atoms with van der Waals surface area (Å²) in [5.41, 5.74) is 2.15. The third kappa shape index (κ3) is 2.25. The van der Waals surface area contributed by atoms with Gasteiger partial charge in [-0.05, 0) is 31.3 Å². The fraction of sp³-hybridized carbons (Fsp3) is 0.400. The van der Waals surface area contributed by atoms with Crippen molar-refractivity contribution in [1.82, 2.24) is 14.8 Å². The number of nitrogens with one attached hydrogen (secondary N) is 1. The second-order valence-corrected chi connectivity index (χ2v) is 5.30. The first-order chi connectivity index (χ1) is 9.71. The predicted octanol–water partition coefficient (Wildman–Crippen LogP) is 1.62. The number of piperazine rings is 1. The molecule has 1 aromatic heterocycles. The molecule has 2 heterocycles. The second-order valence-electron chi connectivity index (χ2n) is 5.30. The molecule has 0 spiro atoms. The molecule has 0 radical (unpaired) electrons. The van der Waals surface area contributed by atoms with Crippen LogP contribution in [-0.4, -0.2) is 55.0 Å². The minimum Gasteiger partial charge on any atom is -0.497 e. The first kappa shape index (κ1) is 13.0. The zero-order chi connectivity index (χ0) is 14.1. The van der Waals surface area contributed by atoms with Gasteiger partial charge in [-0.3, -0.25) is 4.79 Å². The lowest BCUT2D eigenvalue weighted by molar-refractivity contribution is -0.122. The van der Waals surface area contributed by atoms with Crippen LogP contribution >= 0.6 is 0 Å². The average molecular weight is 273 g/mol. The van der Waals surface area contributed by atoms with Gasteiger partial charge in [0.2, 0.25) is 6.41 Å². The number of aromatic amines is 1. The maximum Gasteiger partial charge on any atom is 0.210 e. The van der Waals surface area contributed by atoms with E-state index in [4.69, 9.17) is 4.74 Å². The molecule has 1 fully saturated rings. The van der Waals surface area contributed by atoms with E-state index in [2.05, 4.69) is 23.0 Å². The highest BCUT2D eigenvalue weighted by atomic mass is 16.5. The number of carbonyl (C=O) groups excluding carboxylic acids is 1. The molecule has 3 rings (SSSR count). The lowest BCUT2D eigenvalue weighted by Crippen LogP contribution is -2.46. The minimum absolute atomic E-state index is 0.0876. The van der Waals surface area contributed by atoms with Crippen molar-refractivity contribution in [3.8, 4) is 5.75 Å². The third-order valence-corrected chi connectivity index (χ3v) is 3.97. The lowest BCUT2D eigenvalue weighted by atomic mass is 10.1. The second kappa shape index (κ2) is 5.17. The first-order valence-corrected chi connectivity index (χ1v) is 6.77. The largest absolute Gasteiger partial charge is 0.497 e. The Morgan fingerprint density at radius 1 is 1.35 bits per heavy atom. The van der Waals surface area contributed by atoms with Gasteiger partial charge in [-0.1, -0.05) is 0 Å². The van der Waals surface area contributed by atoms with Crippen LogP contribution in [0.25, 0.3) is 10.9 Å². The number of fused-ring (bicyclic) bond motifs is 1. The van der Waals surface area contributed by atoms with Gasteiger partial charge in [0, 0.05) is 36.2 Å². The lowest BCUT2D eigenvalue weighted by Gasteiger charge is -2.37. The zero-order valence-electron chi connectivity index (χ0n) is 11.8. The fourth-order valence-electron chi connectivity index (χ4n) is 2.78. The summed E-state index contributed by atoms with van der Waals surface area (Å²) in [5, 5.41) is 1.11. The van der Waals surface area contributed by atoms with E-state index >= 15 is 0 Å². The summed E-state index contributed by atoms with van der Waals surface area (Å²) in [5.74, 6) is 0.844. The standard InChI is InChI=1S/C15H19N3O2/c1-17-5-6-18(10-19)15(9-17)14-8-11-7-12(20-2)3-4-13(11)16-14/h3-4,7-8,10,15-16H,5-6,9H2,1-2H3. The van der Waals surface area contributed by atoms with Crippen LogP contribution in [0.2, 0.25) is 0 Å². The number of hydrogen-bond acceptors (Lipinski definition) is 3. The Bertz CT molecular complexity index is 623. The molecule has 1 aromatic carbocycles. The maximum absolute atomic E-state index is 11.2. The number of likely N-dealkylation sites (N-methyl/N-ethyl adjacent to an activating group) is 1. The number of ether oxygens (including phenoxy) is 1. The van der Waals surface area contributed by atoms with E-state index in [9.17, 15) is 4.79 Å². The highest BCUT2D eigenvalue weighted by molar-refractivity contribution is 5.82. The normalized spacial score (nSPS) is 20.3. The number of nitrogens with zero attached hydrogens (tertiary/aromatic N) is 2. The van der Waals surface area contributed by atoms with Crippen molar-refractivity contribution in [2.75, 3.05) is 33.8 Å². The molecule has 5 heteroatoms.